The second kappa shape index (κ2) is 3.44. The number of hydrogen-bond acceptors (Lipinski definition) is 3. The van der Waals surface area contributed by atoms with Gasteiger partial charge in [-0.15, -0.1) is 0 Å². The second-order valence-electron chi connectivity index (χ2n) is 6.19. The molecule has 3 N–H and O–H groups in total. The smallest absolute Gasteiger partial charge is 0.312 e. The fourth-order valence-electron chi connectivity index (χ4n) is 2.93. The Balaban J connectivity index is 2.22. The molecule has 2 rings (SSSR count). The van der Waals surface area contributed by atoms with Gasteiger partial charge in [0.2, 0.25) is 0 Å². The molecule has 2 aliphatic rings. The zero-order valence-corrected chi connectivity index (χ0v) is 10.0. The molecule has 0 atom stereocenters. The third kappa shape index (κ3) is 1.55. The molecule has 0 bridgehead atoms. The third-order valence-electron chi connectivity index (χ3n) is 4.59. The van der Waals surface area contributed by atoms with Gasteiger partial charge in [-0.25, -0.2) is 0 Å². The molecular formula is C12H21NO3. The van der Waals surface area contributed by atoms with Crippen molar-refractivity contribution in [1.29, 1.82) is 0 Å². The largest absolute Gasteiger partial charge is 0.481 e. The number of β-amino-alcohol motifs (C(OH)–C–C–N with tert-alkyl or cyclic N) is 1. The number of hydrogen-bond donors (Lipinski definition) is 3. The van der Waals surface area contributed by atoms with E-state index >= 15 is 0 Å². The minimum atomic E-state index is -1.03. The summed E-state index contributed by atoms with van der Waals surface area (Å²) in [7, 11) is 0. The highest BCUT2D eigenvalue weighted by atomic mass is 16.4. The Morgan fingerprint density at radius 2 is 1.62 bits per heavy atom. The highest BCUT2D eigenvalue weighted by Gasteiger charge is 2.60. The van der Waals surface area contributed by atoms with Crippen molar-refractivity contribution in [3.05, 3.63) is 0 Å². The van der Waals surface area contributed by atoms with Crippen molar-refractivity contribution in [1.82, 2.24) is 5.32 Å². The van der Waals surface area contributed by atoms with Crippen molar-refractivity contribution < 1.29 is 15.0 Å². The normalized spacial score (nSPS) is 30.4. The van der Waals surface area contributed by atoms with Gasteiger partial charge in [-0.2, -0.15) is 0 Å². The highest BCUT2D eigenvalue weighted by Crippen LogP contribution is 2.51. The molecule has 0 spiro atoms. The van der Waals surface area contributed by atoms with Crippen LogP contribution in [0.5, 0.6) is 0 Å². The third-order valence-corrected chi connectivity index (χ3v) is 4.59. The fourth-order valence-corrected chi connectivity index (χ4v) is 2.93. The van der Waals surface area contributed by atoms with Crippen molar-refractivity contribution in [2.45, 2.75) is 45.1 Å². The number of aliphatic hydroxyl groups is 1. The van der Waals surface area contributed by atoms with Crippen LogP contribution in [0.1, 0.15) is 39.5 Å². The minimum Gasteiger partial charge on any atom is -0.481 e. The van der Waals surface area contributed by atoms with E-state index in [0.29, 0.717) is 25.9 Å². The predicted octanol–water partition coefficient (Wildman–Crippen LogP) is 0.992. The molecule has 1 saturated carbocycles. The molecule has 1 aliphatic carbocycles. The quantitative estimate of drug-likeness (QED) is 0.658. The van der Waals surface area contributed by atoms with E-state index in [1.165, 1.54) is 0 Å². The van der Waals surface area contributed by atoms with Gasteiger partial charge in [-0.3, -0.25) is 4.79 Å². The first-order valence-electron chi connectivity index (χ1n) is 5.98. The van der Waals surface area contributed by atoms with E-state index in [-0.39, 0.29) is 5.41 Å². The van der Waals surface area contributed by atoms with E-state index in [2.05, 4.69) is 19.2 Å². The van der Waals surface area contributed by atoms with Crippen LogP contribution in [0.2, 0.25) is 0 Å². The molecule has 0 aromatic rings. The molecule has 1 saturated heterocycles. The lowest BCUT2D eigenvalue weighted by Gasteiger charge is -2.54. The molecule has 2 fully saturated rings. The molecule has 0 aromatic heterocycles. The van der Waals surface area contributed by atoms with Gasteiger partial charge in [0.1, 0.15) is 5.60 Å². The SMILES string of the molecule is CC1(C)CCC(C(=O)O)(C2(O)CNC2)CC1. The number of aliphatic carboxylic acids is 1. The second-order valence-corrected chi connectivity index (χ2v) is 6.19. The van der Waals surface area contributed by atoms with Crippen LogP contribution in [0.15, 0.2) is 0 Å². The number of carboxylic acids is 1. The van der Waals surface area contributed by atoms with E-state index in [1.54, 1.807) is 0 Å². The molecule has 4 nitrogen and oxygen atoms in total. The first kappa shape index (κ1) is 11.9. The van der Waals surface area contributed by atoms with Crippen LogP contribution in [0.3, 0.4) is 0 Å². The van der Waals surface area contributed by atoms with Gasteiger partial charge in [0.05, 0.1) is 5.41 Å². The van der Waals surface area contributed by atoms with Gasteiger partial charge in [-0.05, 0) is 31.1 Å². The lowest BCUT2D eigenvalue weighted by molar-refractivity contribution is -0.188. The van der Waals surface area contributed by atoms with E-state index in [1.807, 2.05) is 0 Å². The summed E-state index contributed by atoms with van der Waals surface area (Å²) < 4.78 is 0. The number of carboxylic acid groups (broad SMARTS) is 1. The van der Waals surface area contributed by atoms with Crippen molar-refractivity contribution >= 4 is 5.97 Å². The summed E-state index contributed by atoms with van der Waals surface area (Å²) in [5.41, 5.74) is -1.74. The van der Waals surface area contributed by atoms with Crippen molar-refractivity contribution in [3.63, 3.8) is 0 Å². The highest BCUT2D eigenvalue weighted by molar-refractivity contribution is 5.77. The van der Waals surface area contributed by atoms with Crippen LogP contribution in [0.4, 0.5) is 0 Å². The lowest BCUT2D eigenvalue weighted by Crippen LogP contribution is -2.71. The fraction of sp³-hybridized carbons (Fsp3) is 0.917. The molecule has 0 amide bonds. The van der Waals surface area contributed by atoms with Crippen LogP contribution >= 0.6 is 0 Å². The Morgan fingerprint density at radius 3 is 1.94 bits per heavy atom. The first-order chi connectivity index (χ1) is 7.31. The van der Waals surface area contributed by atoms with Crippen LogP contribution < -0.4 is 5.32 Å². The minimum absolute atomic E-state index is 0.215. The van der Waals surface area contributed by atoms with Crippen LogP contribution in [0.25, 0.3) is 0 Å². The number of nitrogens with one attached hydrogen (secondary N) is 1. The molecule has 92 valence electrons. The van der Waals surface area contributed by atoms with E-state index in [9.17, 15) is 15.0 Å². The molecule has 0 aromatic carbocycles. The van der Waals surface area contributed by atoms with Gasteiger partial charge in [0.25, 0.3) is 0 Å². The Hall–Kier alpha value is -0.610. The summed E-state index contributed by atoms with van der Waals surface area (Å²) in [5, 5.41) is 22.8. The van der Waals surface area contributed by atoms with Gasteiger partial charge >= 0.3 is 5.97 Å². The summed E-state index contributed by atoms with van der Waals surface area (Å²) in [6, 6.07) is 0. The Morgan fingerprint density at radius 1 is 1.12 bits per heavy atom. The van der Waals surface area contributed by atoms with Crippen LogP contribution in [-0.4, -0.2) is 34.9 Å². The van der Waals surface area contributed by atoms with Gasteiger partial charge < -0.3 is 15.5 Å². The lowest BCUT2D eigenvalue weighted by atomic mass is 9.56. The molecule has 0 unspecified atom stereocenters. The average Bonchev–Trinajstić information content (AvgIpc) is 2.14. The summed E-state index contributed by atoms with van der Waals surface area (Å²) in [4.78, 5) is 11.5. The summed E-state index contributed by atoms with van der Waals surface area (Å²) in [5.74, 6) is -0.827. The molecule has 1 heterocycles. The topological polar surface area (TPSA) is 69.6 Å². The molecular weight excluding hydrogens is 206 g/mol. The average molecular weight is 227 g/mol. The standard InChI is InChI=1S/C12H21NO3/c1-10(2)3-5-11(6-4-10,9(14)15)12(16)7-13-8-12/h13,16H,3-8H2,1-2H3,(H,14,15). The van der Waals surface area contributed by atoms with E-state index in [0.717, 1.165) is 12.8 Å². The monoisotopic (exact) mass is 227 g/mol. The maximum absolute atomic E-state index is 11.5. The molecule has 0 radical (unpaired) electrons. The maximum atomic E-state index is 11.5. The van der Waals surface area contributed by atoms with Crippen molar-refractivity contribution in [2.24, 2.45) is 10.8 Å². The molecule has 4 heteroatoms. The first-order valence-corrected chi connectivity index (χ1v) is 5.98. The van der Waals surface area contributed by atoms with Gasteiger partial charge in [0, 0.05) is 13.1 Å². The van der Waals surface area contributed by atoms with Crippen LogP contribution in [0, 0.1) is 10.8 Å². The summed E-state index contributed by atoms with van der Waals surface area (Å²) >= 11 is 0. The zero-order valence-electron chi connectivity index (χ0n) is 10.0. The molecule has 1 aliphatic heterocycles. The van der Waals surface area contributed by atoms with Crippen LogP contribution in [-0.2, 0) is 4.79 Å². The van der Waals surface area contributed by atoms with Crippen molar-refractivity contribution in [2.75, 3.05) is 13.1 Å². The number of carbonyl (C=O) groups is 1. The summed E-state index contributed by atoms with van der Waals surface area (Å²) in [6.07, 6.45) is 2.93. The molecule has 16 heavy (non-hydrogen) atoms. The Labute approximate surface area is 96.0 Å². The van der Waals surface area contributed by atoms with E-state index < -0.39 is 17.0 Å². The Bertz CT molecular complexity index is 297. The van der Waals surface area contributed by atoms with Crippen molar-refractivity contribution in [3.8, 4) is 0 Å². The van der Waals surface area contributed by atoms with Gasteiger partial charge in [-0.1, -0.05) is 13.8 Å². The zero-order chi connectivity index (χ0) is 12.0. The number of rotatable bonds is 2. The maximum Gasteiger partial charge on any atom is 0.312 e. The van der Waals surface area contributed by atoms with E-state index in [4.69, 9.17) is 0 Å². The predicted molar refractivity (Wildman–Crippen MR) is 60.1 cm³/mol. The summed E-state index contributed by atoms with van der Waals surface area (Å²) in [6.45, 7) is 5.17. The Kier molecular flexibility index (Phi) is 2.55. The van der Waals surface area contributed by atoms with Gasteiger partial charge in [0.15, 0.2) is 0 Å².